The summed E-state index contributed by atoms with van der Waals surface area (Å²) < 4.78 is 2.27. The highest BCUT2D eigenvalue weighted by atomic mass is 15.1. The van der Waals surface area contributed by atoms with Gasteiger partial charge in [0.1, 0.15) is 5.82 Å². The normalized spacial score (nSPS) is 10.7. The molecule has 3 rings (SSSR count). The first-order chi connectivity index (χ1) is 9.81. The number of rotatable bonds is 3. The van der Waals surface area contributed by atoms with Gasteiger partial charge in [-0.3, -0.25) is 4.57 Å². The van der Waals surface area contributed by atoms with Crippen LogP contribution in [0.4, 0.5) is 0 Å². The summed E-state index contributed by atoms with van der Waals surface area (Å²) in [5, 5.41) is 0. The number of aromatic nitrogens is 2. The lowest BCUT2D eigenvalue weighted by Gasteiger charge is -2.11. The molecule has 0 unspecified atom stereocenters. The predicted octanol–water partition coefficient (Wildman–Crippen LogP) is 4.41. The van der Waals surface area contributed by atoms with E-state index in [4.69, 9.17) is 4.98 Å². The molecule has 0 aliphatic rings. The van der Waals surface area contributed by atoms with Crippen molar-refractivity contribution >= 4 is 0 Å². The third-order valence-corrected chi connectivity index (χ3v) is 3.55. The van der Waals surface area contributed by atoms with Gasteiger partial charge in [0.2, 0.25) is 0 Å². The second kappa shape index (κ2) is 5.33. The van der Waals surface area contributed by atoms with E-state index in [1.165, 1.54) is 11.4 Å². The van der Waals surface area contributed by atoms with Crippen LogP contribution in [0.15, 0.2) is 60.7 Å². The highest BCUT2D eigenvalue weighted by molar-refractivity contribution is 5.60. The van der Waals surface area contributed by atoms with Crippen LogP contribution in [0.25, 0.3) is 17.1 Å². The molecular weight excluding hydrogens is 244 g/mol. The minimum Gasteiger partial charge on any atom is -0.297 e. The van der Waals surface area contributed by atoms with Crippen molar-refractivity contribution in [3.05, 3.63) is 72.1 Å². The molecule has 1 aromatic heterocycles. The van der Waals surface area contributed by atoms with Gasteiger partial charge in [-0.25, -0.2) is 4.98 Å². The zero-order chi connectivity index (χ0) is 13.9. The number of nitrogens with zero attached hydrogens (tertiary/aromatic N) is 2. The van der Waals surface area contributed by atoms with Crippen LogP contribution >= 0.6 is 0 Å². The Morgan fingerprint density at radius 3 is 2.10 bits per heavy atom. The van der Waals surface area contributed by atoms with E-state index >= 15 is 0 Å². The zero-order valence-corrected chi connectivity index (χ0v) is 11.9. The van der Waals surface area contributed by atoms with Crippen LogP contribution < -0.4 is 0 Å². The van der Waals surface area contributed by atoms with Crippen molar-refractivity contribution < 1.29 is 0 Å². The maximum absolute atomic E-state index is 4.79. The van der Waals surface area contributed by atoms with Gasteiger partial charge in [0.25, 0.3) is 0 Å². The Hall–Kier alpha value is -2.35. The quantitative estimate of drug-likeness (QED) is 0.683. The van der Waals surface area contributed by atoms with Gasteiger partial charge in [-0.2, -0.15) is 0 Å². The largest absolute Gasteiger partial charge is 0.297 e. The molecule has 2 heteroatoms. The highest BCUT2D eigenvalue weighted by Gasteiger charge is 2.15. The smallest absolute Gasteiger partial charge is 0.145 e. The average molecular weight is 262 g/mol. The van der Waals surface area contributed by atoms with Gasteiger partial charge < -0.3 is 0 Å². The summed E-state index contributed by atoms with van der Waals surface area (Å²) in [5.74, 6) is 1.02. The van der Waals surface area contributed by atoms with Crippen molar-refractivity contribution in [3.63, 3.8) is 0 Å². The van der Waals surface area contributed by atoms with Crippen LogP contribution in [0.1, 0.15) is 18.3 Å². The summed E-state index contributed by atoms with van der Waals surface area (Å²) in [6, 6.07) is 20.8. The van der Waals surface area contributed by atoms with E-state index in [1.54, 1.807) is 0 Å². The van der Waals surface area contributed by atoms with Crippen LogP contribution in [0.3, 0.4) is 0 Å². The Kier molecular flexibility index (Phi) is 3.38. The lowest BCUT2D eigenvalue weighted by molar-refractivity contribution is 0.931. The molecule has 0 radical (unpaired) electrons. The molecule has 0 aliphatic heterocycles. The first-order valence-electron chi connectivity index (χ1n) is 7.00. The summed E-state index contributed by atoms with van der Waals surface area (Å²) in [6.07, 6.45) is 0.973. The summed E-state index contributed by atoms with van der Waals surface area (Å²) in [6.45, 7) is 4.27. The fraction of sp³-hybridized carbons (Fsp3) is 0.167. The summed E-state index contributed by atoms with van der Waals surface area (Å²) in [4.78, 5) is 4.79. The Morgan fingerprint density at radius 1 is 0.900 bits per heavy atom. The van der Waals surface area contributed by atoms with E-state index in [0.717, 1.165) is 23.5 Å². The van der Waals surface area contributed by atoms with Crippen LogP contribution in [0.5, 0.6) is 0 Å². The average Bonchev–Trinajstić information content (AvgIpc) is 2.85. The Bertz CT molecular complexity index is 697. The number of para-hydroxylation sites is 1. The van der Waals surface area contributed by atoms with Crippen LogP contribution in [0, 0.1) is 6.92 Å². The molecule has 0 N–H and O–H groups in total. The second-order valence-corrected chi connectivity index (χ2v) is 4.86. The molecule has 3 aromatic rings. The predicted molar refractivity (Wildman–Crippen MR) is 83.1 cm³/mol. The maximum atomic E-state index is 4.79. The van der Waals surface area contributed by atoms with Crippen LogP contribution in [-0.4, -0.2) is 9.55 Å². The SMILES string of the molecule is CCc1c(C)nc(-c2ccccc2)n1-c1ccccc1. The summed E-state index contributed by atoms with van der Waals surface area (Å²) in [7, 11) is 0. The molecule has 0 bridgehead atoms. The monoisotopic (exact) mass is 262 g/mol. The minimum absolute atomic E-state index is 0.973. The lowest BCUT2D eigenvalue weighted by Crippen LogP contribution is -2.02. The first kappa shape index (κ1) is 12.7. The van der Waals surface area contributed by atoms with E-state index in [-0.39, 0.29) is 0 Å². The fourth-order valence-electron chi connectivity index (χ4n) is 2.61. The highest BCUT2D eigenvalue weighted by Crippen LogP contribution is 2.26. The molecule has 20 heavy (non-hydrogen) atoms. The van der Waals surface area contributed by atoms with E-state index in [9.17, 15) is 0 Å². The summed E-state index contributed by atoms with van der Waals surface area (Å²) >= 11 is 0. The molecule has 100 valence electrons. The minimum atomic E-state index is 0.973. The van der Waals surface area contributed by atoms with Crippen molar-refractivity contribution in [2.24, 2.45) is 0 Å². The van der Waals surface area contributed by atoms with Gasteiger partial charge in [0.05, 0.1) is 5.69 Å². The van der Waals surface area contributed by atoms with Crippen molar-refractivity contribution in [1.29, 1.82) is 0 Å². The fourth-order valence-corrected chi connectivity index (χ4v) is 2.61. The van der Waals surface area contributed by atoms with E-state index in [1.807, 2.05) is 12.1 Å². The Balaban J connectivity index is 2.26. The number of hydrogen-bond donors (Lipinski definition) is 0. The molecule has 1 heterocycles. The second-order valence-electron chi connectivity index (χ2n) is 4.86. The molecule has 2 nitrogen and oxygen atoms in total. The number of aryl methyl sites for hydroxylation is 1. The van der Waals surface area contributed by atoms with Gasteiger partial charge in [-0.05, 0) is 25.5 Å². The third kappa shape index (κ3) is 2.14. The van der Waals surface area contributed by atoms with Crippen LogP contribution in [-0.2, 0) is 6.42 Å². The first-order valence-corrected chi connectivity index (χ1v) is 7.00. The van der Waals surface area contributed by atoms with E-state index in [2.05, 4.69) is 66.9 Å². The number of hydrogen-bond acceptors (Lipinski definition) is 1. The Morgan fingerprint density at radius 2 is 1.50 bits per heavy atom. The summed E-state index contributed by atoms with van der Waals surface area (Å²) in [5.41, 5.74) is 4.70. The van der Waals surface area contributed by atoms with Crippen molar-refractivity contribution in [2.75, 3.05) is 0 Å². The van der Waals surface area contributed by atoms with Crippen molar-refractivity contribution in [3.8, 4) is 17.1 Å². The molecule has 0 saturated carbocycles. The van der Waals surface area contributed by atoms with Gasteiger partial charge in [-0.15, -0.1) is 0 Å². The topological polar surface area (TPSA) is 17.8 Å². The van der Waals surface area contributed by atoms with Gasteiger partial charge in [-0.1, -0.05) is 55.5 Å². The lowest BCUT2D eigenvalue weighted by atomic mass is 10.2. The molecule has 0 atom stereocenters. The van der Waals surface area contributed by atoms with Crippen molar-refractivity contribution in [2.45, 2.75) is 20.3 Å². The van der Waals surface area contributed by atoms with E-state index < -0.39 is 0 Å². The maximum Gasteiger partial charge on any atom is 0.145 e. The molecule has 0 aliphatic carbocycles. The van der Waals surface area contributed by atoms with Gasteiger partial charge in [0.15, 0.2) is 0 Å². The third-order valence-electron chi connectivity index (χ3n) is 3.55. The van der Waals surface area contributed by atoms with E-state index in [0.29, 0.717) is 0 Å². The molecular formula is C18H18N2. The number of imidazole rings is 1. The standard InChI is InChI=1S/C18H18N2/c1-3-17-14(2)19-18(15-10-6-4-7-11-15)20(17)16-12-8-5-9-13-16/h4-13H,3H2,1-2H3. The molecule has 0 fully saturated rings. The van der Waals surface area contributed by atoms with Gasteiger partial charge >= 0.3 is 0 Å². The van der Waals surface area contributed by atoms with Gasteiger partial charge in [0, 0.05) is 16.9 Å². The molecule has 2 aromatic carbocycles. The molecule has 0 amide bonds. The van der Waals surface area contributed by atoms with Crippen molar-refractivity contribution in [1.82, 2.24) is 9.55 Å². The molecule has 0 spiro atoms. The Labute approximate surface area is 119 Å². The molecule has 0 saturated heterocycles. The number of benzene rings is 2. The zero-order valence-electron chi connectivity index (χ0n) is 11.9. The van der Waals surface area contributed by atoms with Crippen LogP contribution in [0.2, 0.25) is 0 Å².